The topological polar surface area (TPSA) is 71.3 Å². The lowest BCUT2D eigenvalue weighted by molar-refractivity contribution is 0.0697. The maximum Gasteiger partial charge on any atom is 0.337 e. The molecule has 1 aromatic carbocycles. The summed E-state index contributed by atoms with van der Waals surface area (Å²) in [4.78, 5) is 23.2. The zero-order valence-electron chi connectivity index (χ0n) is 10.7. The molecule has 0 aliphatic carbocycles. The predicted octanol–water partition coefficient (Wildman–Crippen LogP) is 3.42. The second-order valence-corrected chi connectivity index (χ2v) is 4.94. The number of benzene rings is 1. The second-order valence-electron chi connectivity index (χ2n) is 4.18. The van der Waals surface area contributed by atoms with Crippen LogP contribution in [-0.2, 0) is 7.05 Å². The Labute approximate surface area is 128 Å². The summed E-state index contributed by atoms with van der Waals surface area (Å²) in [5.41, 5.74) is -0.234. The average Bonchev–Trinajstić information content (AvgIpc) is 2.68. The molecule has 2 rings (SSSR count). The van der Waals surface area contributed by atoms with E-state index in [1.807, 2.05) is 0 Å². The van der Waals surface area contributed by atoms with Crippen molar-refractivity contribution in [3.05, 3.63) is 51.5 Å². The molecule has 0 saturated carbocycles. The summed E-state index contributed by atoms with van der Waals surface area (Å²) in [5, 5.41) is 11.8. The van der Waals surface area contributed by atoms with Crippen molar-refractivity contribution in [2.75, 3.05) is 5.32 Å². The van der Waals surface area contributed by atoms with Gasteiger partial charge >= 0.3 is 5.97 Å². The zero-order chi connectivity index (χ0) is 15.7. The number of hydrogen-bond donors (Lipinski definition) is 2. The van der Waals surface area contributed by atoms with Gasteiger partial charge < -0.3 is 15.0 Å². The van der Waals surface area contributed by atoms with Gasteiger partial charge in [-0.3, -0.25) is 4.79 Å². The number of carboxylic acids is 1. The molecule has 0 saturated heterocycles. The number of nitrogens with one attached hydrogen (secondary N) is 1. The van der Waals surface area contributed by atoms with Crippen molar-refractivity contribution in [3.63, 3.8) is 0 Å². The van der Waals surface area contributed by atoms with Gasteiger partial charge in [-0.2, -0.15) is 0 Å². The summed E-state index contributed by atoms with van der Waals surface area (Å²) in [7, 11) is 1.53. The van der Waals surface area contributed by atoms with Crippen LogP contribution in [0.3, 0.4) is 0 Å². The van der Waals surface area contributed by atoms with E-state index in [9.17, 15) is 14.0 Å². The molecule has 0 aliphatic rings. The Hall–Kier alpha value is -2.05. The molecule has 0 atom stereocenters. The van der Waals surface area contributed by atoms with Crippen LogP contribution < -0.4 is 5.32 Å². The number of carbonyl (C=O) groups excluding carboxylic acids is 1. The van der Waals surface area contributed by atoms with E-state index in [-0.39, 0.29) is 27.1 Å². The van der Waals surface area contributed by atoms with E-state index < -0.39 is 17.7 Å². The Kier molecular flexibility index (Phi) is 4.20. The maximum absolute atomic E-state index is 13.1. The van der Waals surface area contributed by atoms with Gasteiger partial charge in [-0.25, -0.2) is 9.18 Å². The average molecular weight is 331 g/mol. The summed E-state index contributed by atoms with van der Waals surface area (Å²) in [6, 6.07) is 4.39. The van der Waals surface area contributed by atoms with E-state index in [1.54, 1.807) is 0 Å². The first-order valence-corrected chi connectivity index (χ1v) is 6.41. The maximum atomic E-state index is 13.1. The third-order valence-corrected chi connectivity index (χ3v) is 3.65. The van der Waals surface area contributed by atoms with Crippen LogP contribution >= 0.6 is 23.2 Å². The van der Waals surface area contributed by atoms with Crippen LogP contribution in [0.25, 0.3) is 0 Å². The number of anilines is 1. The first-order valence-electron chi connectivity index (χ1n) is 5.66. The Bertz CT molecular complexity index is 743. The molecular formula is C13H9Cl2FN2O3. The third-order valence-electron chi connectivity index (χ3n) is 2.81. The highest BCUT2D eigenvalue weighted by Crippen LogP contribution is 2.26. The number of aromatic carboxylic acids is 1. The fraction of sp³-hybridized carbons (Fsp3) is 0.0769. The Balaban J connectivity index is 2.36. The number of aromatic nitrogens is 1. The molecule has 1 aromatic heterocycles. The SMILES string of the molecule is Cn1c(C(=O)Nc2ccc(F)cc2C(=O)O)cc(Cl)c1Cl. The normalized spacial score (nSPS) is 10.5. The van der Waals surface area contributed by atoms with Crippen molar-refractivity contribution in [3.8, 4) is 0 Å². The molecule has 2 aromatic rings. The predicted molar refractivity (Wildman–Crippen MR) is 76.7 cm³/mol. The quantitative estimate of drug-likeness (QED) is 0.905. The fourth-order valence-electron chi connectivity index (χ4n) is 1.75. The van der Waals surface area contributed by atoms with Crippen LogP contribution in [0.2, 0.25) is 10.2 Å². The van der Waals surface area contributed by atoms with Gasteiger partial charge in [0.05, 0.1) is 16.3 Å². The highest BCUT2D eigenvalue weighted by atomic mass is 35.5. The van der Waals surface area contributed by atoms with Crippen LogP contribution in [0.15, 0.2) is 24.3 Å². The van der Waals surface area contributed by atoms with E-state index in [1.165, 1.54) is 23.7 Å². The third kappa shape index (κ3) is 3.01. The zero-order valence-corrected chi connectivity index (χ0v) is 12.2. The lowest BCUT2D eigenvalue weighted by atomic mass is 10.1. The molecule has 2 N–H and O–H groups in total. The molecule has 1 amide bonds. The Morgan fingerprint density at radius 1 is 1.29 bits per heavy atom. The van der Waals surface area contributed by atoms with Gasteiger partial charge in [0.25, 0.3) is 5.91 Å². The number of rotatable bonds is 3. The molecule has 110 valence electrons. The van der Waals surface area contributed by atoms with E-state index in [0.717, 1.165) is 12.1 Å². The van der Waals surface area contributed by atoms with E-state index in [4.69, 9.17) is 28.3 Å². The Morgan fingerprint density at radius 2 is 1.95 bits per heavy atom. The highest BCUT2D eigenvalue weighted by Gasteiger charge is 2.19. The van der Waals surface area contributed by atoms with Crippen LogP contribution in [0.4, 0.5) is 10.1 Å². The Morgan fingerprint density at radius 3 is 2.48 bits per heavy atom. The molecule has 5 nitrogen and oxygen atoms in total. The summed E-state index contributed by atoms with van der Waals surface area (Å²) < 4.78 is 14.4. The van der Waals surface area contributed by atoms with Crippen LogP contribution in [0.1, 0.15) is 20.8 Å². The van der Waals surface area contributed by atoms with Gasteiger partial charge in [0, 0.05) is 7.05 Å². The number of carboxylic acid groups (broad SMARTS) is 1. The first kappa shape index (κ1) is 15.3. The molecule has 0 unspecified atom stereocenters. The standard InChI is InChI=1S/C13H9Cl2FN2O3/c1-18-10(5-8(14)11(18)15)12(19)17-9-3-2-6(16)4-7(9)13(20)21/h2-5H,1H3,(H,17,19)(H,20,21). The summed E-state index contributed by atoms with van der Waals surface area (Å²) in [5.74, 6) is -2.68. The van der Waals surface area contributed by atoms with Gasteiger partial charge in [0.15, 0.2) is 0 Å². The lowest BCUT2D eigenvalue weighted by Crippen LogP contribution is -2.17. The minimum Gasteiger partial charge on any atom is -0.478 e. The molecule has 0 fully saturated rings. The minimum absolute atomic E-state index is 0.0256. The van der Waals surface area contributed by atoms with Gasteiger partial charge in [0.2, 0.25) is 0 Å². The first-order chi connectivity index (χ1) is 9.81. The smallest absolute Gasteiger partial charge is 0.337 e. The lowest BCUT2D eigenvalue weighted by Gasteiger charge is -2.09. The van der Waals surface area contributed by atoms with E-state index in [2.05, 4.69) is 5.32 Å². The number of nitrogens with zero attached hydrogens (tertiary/aromatic N) is 1. The van der Waals surface area contributed by atoms with Crippen molar-refractivity contribution >= 4 is 40.8 Å². The van der Waals surface area contributed by atoms with Crippen molar-refractivity contribution in [2.45, 2.75) is 0 Å². The number of amides is 1. The molecule has 1 heterocycles. The monoisotopic (exact) mass is 330 g/mol. The molecule has 8 heteroatoms. The molecule has 0 spiro atoms. The summed E-state index contributed by atoms with van der Waals surface area (Å²) in [6.07, 6.45) is 0. The van der Waals surface area contributed by atoms with Crippen LogP contribution in [0, 0.1) is 5.82 Å². The molecule has 0 radical (unpaired) electrons. The summed E-state index contributed by atoms with van der Waals surface area (Å²) >= 11 is 11.7. The summed E-state index contributed by atoms with van der Waals surface area (Å²) in [6.45, 7) is 0. The van der Waals surface area contributed by atoms with E-state index in [0.29, 0.717) is 0 Å². The van der Waals surface area contributed by atoms with Crippen molar-refractivity contribution in [2.24, 2.45) is 7.05 Å². The van der Waals surface area contributed by atoms with Gasteiger partial charge in [-0.05, 0) is 24.3 Å². The fourth-order valence-corrected chi connectivity index (χ4v) is 2.12. The number of hydrogen-bond acceptors (Lipinski definition) is 2. The molecule has 0 aliphatic heterocycles. The second kappa shape index (κ2) is 5.75. The minimum atomic E-state index is -1.35. The van der Waals surface area contributed by atoms with Crippen molar-refractivity contribution in [1.29, 1.82) is 0 Å². The van der Waals surface area contributed by atoms with Crippen LogP contribution in [0.5, 0.6) is 0 Å². The van der Waals surface area contributed by atoms with Crippen LogP contribution in [-0.4, -0.2) is 21.6 Å². The van der Waals surface area contributed by atoms with Gasteiger partial charge in [0.1, 0.15) is 16.7 Å². The largest absolute Gasteiger partial charge is 0.478 e. The van der Waals surface area contributed by atoms with Crippen molar-refractivity contribution in [1.82, 2.24) is 4.57 Å². The van der Waals surface area contributed by atoms with Crippen molar-refractivity contribution < 1.29 is 19.1 Å². The number of carbonyl (C=O) groups is 2. The highest BCUT2D eigenvalue weighted by molar-refractivity contribution is 6.42. The number of halogens is 3. The molecule has 21 heavy (non-hydrogen) atoms. The van der Waals surface area contributed by atoms with Gasteiger partial charge in [-0.15, -0.1) is 0 Å². The molecular weight excluding hydrogens is 322 g/mol. The van der Waals surface area contributed by atoms with E-state index >= 15 is 0 Å². The molecule has 0 bridgehead atoms. The van der Waals surface area contributed by atoms with Gasteiger partial charge in [-0.1, -0.05) is 23.2 Å².